The van der Waals surface area contributed by atoms with Gasteiger partial charge >= 0.3 is 0 Å². The van der Waals surface area contributed by atoms with E-state index in [9.17, 15) is 18.2 Å². The molecule has 3 aromatic carbocycles. The molecular weight excluding hydrogens is 418 g/mol. The Morgan fingerprint density at radius 3 is 2.40 bits per heavy atom. The minimum atomic E-state index is -4.41. The Kier molecular flexibility index (Phi) is 6.42. The molecule has 0 atom stereocenters. The fraction of sp³-hybridized carbons (Fsp3) is 0.125. The first kappa shape index (κ1) is 21.8. The molecule has 30 heavy (non-hydrogen) atoms. The van der Waals surface area contributed by atoms with Crippen molar-refractivity contribution < 1.29 is 13.0 Å². The molecule has 0 spiro atoms. The van der Waals surface area contributed by atoms with Crippen LogP contribution in [0.15, 0.2) is 71.6 Å². The zero-order valence-corrected chi connectivity index (χ0v) is 18.1. The number of benzene rings is 3. The van der Waals surface area contributed by atoms with Crippen LogP contribution in [-0.2, 0) is 16.5 Å². The van der Waals surface area contributed by atoms with E-state index in [1.54, 1.807) is 42.5 Å². The Morgan fingerprint density at radius 2 is 1.77 bits per heavy atom. The molecule has 1 N–H and O–H groups in total. The average molecular weight is 438 g/mol. The van der Waals surface area contributed by atoms with Crippen LogP contribution in [0.3, 0.4) is 0 Å². The summed E-state index contributed by atoms with van der Waals surface area (Å²) in [7, 11) is -4.41. The van der Waals surface area contributed by atoms with E-state index >= 15 is 0 Å². The fourth-order valence-corrected chi connectivity index (χ4v) is 4.21. The fourth-order valence-electron chi connectivity index (χ4n) is 3.36. The molecule has 6 heteroatoms. The molecule has 0 saturated heterocycles. The highest BCUT2D eigenvalue weighted by molar-refractivity contribution is 7.86. The number of rotatable bonds is 5. The van der Waals surface area contributed by atoms with Gasteiger partial charge in [0.15, 0.2) is 0 Å². The van der Waals surface area contributed by atoms with Crippen LogP contribution < -0.4 is 0 Å². The SMILES string of the molecule is C/C(=C(/Cc1ccc(Cl)cc1)c1cccc(C#N)c1)c1cc(C)ccc1S(=O)(=O)O. The Labute approximate surface area is 181 Å². The highest BCUT2D eigenvalue weighted by Crippen LogP contribution is 2.33. The van der Waals surface area contributed by atoms with E-state index in [-0.39, 0.29) is 4.90 Å². The Bertz CT molecular complexity index is 1270. The standard InChI is InChI=1S/C24H20ClNO3S/c1-16-6-11-24(30(27,28)29)23(12-16)17(2)22(14-18-7-9-21(25)10-8-18)20-5-3-4-19(13-20)15-26/h3-13H,14H2,1-2H3,(H,27,28,29)/b22-17+. The molecular formula is C24H20ClNO3S. The monoisotopic (exact) mass is 437 g/mol. The van der Waals surface area contributed by atoms with Crippen LogP contribution in [0.1, 0.15) is 34.7 Å². The van der Waals surface area contributed by atoms with Crippen LogP contribution in [0.2, 0.25) is 5.02 Å². The van der Waals surface area contributed by atoms with Crippen LogP contribution >= 0.6 is 11.6 Å². The molecule has 0 saturated carbocycles. The summed E-state index contributed by atoms with van der Waals surface area (Å²) in [5, 5.41) is 9.94. The maximum Gasteiger partial charge on any atom is 0.295 e. The molecule has 0 aliphatic carbocycles. The third kappa shape index (κ3) is 4.98. The van der Waals surface area contributed by atoms with Crippen molar-refractivity contribution in [1.82, 2.24) is 0 Å². The summed E-state index contributed by atoms with van der Waals surface area (Å²) in [5.41, 5.74) is 5.16. The zero-order valence-electron chi connectivity index (χ0n) is 16.6. The highest BCUT2D eigenvalue weighted by atomic mass is 35.5. The van der Waals surface area contributed by atoms with E-state index in [2.05, 4.69) is 6.07 Å². The summed E-state index contributed by atoms with van der Waals surface area (Å²) >= 11 is 6.01. The van der Waals surface area contributed by atoms with E-state index in [0.717, 1.165) is 22.3 Å². The van der Waals surface area contributed by atoms with Gasteiger partial charge in [0.1, 0.15) is 4.90 Å². The third-order valence-electron chi connectivity index (χ3n) is 4.90. The maximum absolute atomic E-state index is 12.0. The van der Waals surface area contributed by atoms with Crippen LogP contribution in [0.4, 0.5) is 0 Å². The lowest BCUT2D eigenvalue weighted by molar-refractivity contribution is 0.483. The molecule has 0 bridgehead atoms. The summed E-state index contributed by atoms with van der Waals surface area (Å²) < 4.78 is 33.8. The summed E-state index contributed by atoms with van der Waals surface area (Å²) in [6.07, 6.45) is 0.497. The highest BCUT2D eigenvalue weighted by Gasteiger charge is 2.19. The van der Waals surface area contributed by atoms with Gasteiger partial charge in [-0.1, -0.05) is 53.6 Å². The van der Waals surface area contributed by atoms with Crippen LogP contribution in [-0.4, -0.2) is 13.0 Å². The van der Waals surface area contributed by atoms with E-state index in [1.807, 2.05) is 32.0 Å². The second-order valence-corrected chi connectivity index (χ2v) is 8.90. The first-order valence-electron chi connectivity index (χ1n) is 9.22. The molecule has 0 aliphatic heterocycles. The average Bonchev–Trinajstić information content (AvgIpc) is 2.72. The second kappa shape index (κ2) is 8.85. The van der Waals surface area contributed by atoms with Crippen molar-refractivity contribution in [3.63, 3.8) is 0 Å². The largest absolute Gasteiger partial charge is 0.295 e. The van der Waals surface area contributed by atoms with Crippen molar-refractivity contribution in [2.45, 2.75) is 25.2 Å². The van der Waals surface area contributed by atoms with Crippen molar-refractivity contribution in [2.24, 2.45) is 0 Å². The maximum atomic E-state index is 12.0. The molecule has 3 aromatic rings. The topological polar surface area (TPSA) is 78.2 Å². The molecule has 0 amide bonds. The van der Waals surface area contributed by atoms with Crippen LogP contribution in [0.25, 0.3) is 11.1 Å². The molecule has 0 heterocycles. The molecule has 0 aliphatic rings. The van der Waals surface area contributed by atoms with E-state index in [0.29, 0.717) is 28.1 Å². The van der Waals surface area contributed by atoms with Crippen molar-refractivity contribution in [2.75, 3.05) is 0 Å². The minimum absolute atomic E-state index is 0.143. The lowest BCUT2D eigenvalue weighted by atomic mass is 9.90. The number of allylic oxidation sites excluding steroid dienone is 2. The van der Waals surface area contributed by atoms with Crippen molar-refractivity contribution in [3.8, 4) is 6.07 Å². The number of hydrogen-bond acceptors (Lipinski definition) is 3. The first-order chi connectivity index (χ1) is 14.2. The van der Waals surface area contributed by atoms with Gasteiger partial charge in [-0.3, -0.25) is 4.55 Å². The van der Waals surface area contributed by atoms with Crippen molar-refractivity contribution >= 4 is 32.9 Å². The molecule has 0 aromatic heterocycles. The van der Waals surface area contributed by atoms with E-state index in [1.165, 1.54) is 6.07 Å². The lowest BCUT2D eigenvalue weighted by Crippen LogP contribution is -2.04. The first-order valence-corrected chi connectivity index (χ1v) is 11.0. The van der Waals surface area contributed by atoms with Gasteiger partial charge in [0.05, 0.1) is 11.6 Å². The van der Waals surface area contributed by atoms with Gasteiger partial charge in [0.25, 0.3) is 10.1 Å². The Morgan fingerprint density at radius 1 is 1.07 bits per heavy atom. The number of nitrogens with zero attached hydrogens (tertiary/aromatic N) is 1. The molecule has 152 valence electrons. The van der Waals surface area contributed by atoms with Crippen molar-refractivity contribution in [1.29, 1.82) is 5.26 Å². The summed E-state index contributed by atoms with van der Waals surface area (Å²) in [5.74, 6) is 0. The Hall–Kier alpha value is -2.91. The number of hydrogen-bond donors (Lipinski definition) is 1. The Balaban J connectivity index is 2.28. The molecule has 0 unspecified atom stereocenters. The molecule has 0 fully saturated rings. The molecule has 0 radical (unpaired) electrons. The summed E-state index contributed by atoms with van der Waals surface area (Å²) in [4.78, 5) is -0.143. The summed E-state index contributed by atoms with van der Waals surface area (Å²) in [6.45, 7) is 3.69. The summed E-state index contributed by atoms with van der Waals surface area (Å²) in [6, 6.07) is 21.5. The van der Waals surface area contributed by atoms with Gasteiger partial charge in [-0.15, -0.1) is 0 Å². The quantitative estimate of drug-likeness (QED) is 0.395. The van der Waals surface area contributed by atoms with Gasteiger partial charge in [-0.05, 0) is 78.4 Å². The number of aryl methyl sites for hydroxylation is 1. The zero-order chi connectivity index (χ0) is 21.9. The van der Waals surface area contributed by atoms with Gasteiger partial charge in [0.2, 0.25) is 0 Å². The lowest BCUT2D eigenvalue weighted by Gasteiger charge is -2.17. The predicted molar refractivity (Wildman–Crippen MR) is 120 cm³/mol. The normalized spacial score (nSPS) is 12.2. The van der Waals surface area contributed by atoms with Crippen LogP contribution in [0, 0.1) is 18.3 Å². The minimum Gasteiger partial charge on any atom is -0.282 e. The molecule has 4 nitrogen and oxygen atoms in total. The van der Waals surface area contributed by atoms with E-state index < -0.39 is 10.1 Å². The van der Waals surface area contributed by atoms with Gasteiger partial charge < -0.3 is 0 Å². The van der Waals surface area contributed by atoms with Gasteiger partial charge in [0, 0.05) is 5.02 Å². The van der Waals surface area contributed by atoms with Gasteiger partial charge in [-0.25, -0.2) is 0 Å². The smallest absolute Gasteiger partial charge is 0.282 e. The van der Waals surface area contributed by atoms with E-state index in [4.69, 9.17) is 11.6 Å². The predicted octanol–water partition coefficient (Wildman–Crippen LogP) is 5.94. The number of halogens is 1. The van der Waals surface area contributed by atoms with Crippen LogP contribution in [0.5, 0.6) is 0 Å². The molecule has 3 rings (SSSR count). The number of nitriles is 1. The second-order valence-electron chi connectivity index (χ2n) is 7.07. The van der Waals surface area contributed by atoms with Crippen molar-refractivity contribution in [3.05, 3.63) is 99.6 Å². The third-order valence-corrected chi connectivity index (χ3v) is 6.07. The van der Waals surface area contributed by atoms with Gasteiger partial charge in [-0.2, -0.15) is 13.7 Å².